The standard InChI is InChI=1S/C14H18N4O/c1-18(2)13(10(8-15)14(16)19)12-7-9-5-3-4-6-11(9)17-12/h7,17H,3-6H2,1-2H3,(H2,16,19)/b13-10-. The number of nitrogens with two attached hydrogens (primary N) is 1. The van der Waals surface area contributed by atoms with Gasteiger partial charge in [-0.1, -0.05) is 0 Å². The lowest BCUT2D eigenvalue weighted by Gasteiger charge is -2.17. The first-order valence-corrected chi connectivity index (χ1v) is 6.37. The van der Waals surface area contributed by atoms with Gasteiger partial charge >= 0.3 is 0 Å². The van der Waals surface area contributed by atoms with E-state index in [-0.39, 0.29) is 5.57 Å². The number of hydrogen-bond donors (Lipinski definition) is 2. The van der Waals surface area contributed by atoms with Crippen molar-refractivity contribution < 1.29 is 4.79 Å². The van der Waals surface area contributed by atoms with Gasteiger partial charge < -0.3 is 15.6 Å². The number of amides is 1. The third-order valence-electron chi connectivity index (χ3n) is 3.41. The Labute approximate surface area is 112 Å². The fourth-order valence-corrected chi connectivity index (χ4v) is 2.56. The van der Waals surface area contributed by atoms with Crippen molar-refractivity contribution >= 4 is 11.6 Å². The average molecular weight is 258 g/mol. The summed E-state index contributed by atoms with van der Waals surface area (Å²) in [6.45, 7) is 0. The summed E-state index contributed by atoms with van der Waals surface area (Å²) in [6, 6.07) is 3.94. The minimum atomic E-state index is -0.696. The maximum Gasteiger partial charge on any atom is 0.261 e. The number of hydrogen-bond acceptors (Lipinski definition) is 3. The summed E-state index contributed by atoms with van der Waals surface area (Å²) in [4.78, 5) is 16.5. The SMILES string of the molecule is CN(C)/C(=C(/C#N)C(N)=O)c1cc2c([nH]1)CCCC2. The summed E-state index contributed by atoms with van der Waals surface area (Å²) in [5, 5.41) is 9.13. The molecule has 1 aromatic rings. The highest BCUT2D eigenvalue weighted by molar-refractivity contribution is 6.03. The Morgan fingerprint density at radius 2 is 2.11 bits per heavy atom. The van der Waals surface area contributed by atoms with E-state index in [0.717, 1.165) is 18.5 Å². The van der Waals surface area contributed by atoms with Crippen LogP contribution in [0.4, 0.5) is 0 Å². The van der Waals surface area contributed by atoms with Gasteiger partial charge in [-0.05, 0) is 37.3 Å². The van der Waals surface area contributed by atoms with E-state index in [2.05, 4.69) is 4.98 Å². The van der Waals surface area contributed by atoms with E-state index < -0.39 is 5.91 Å². The van der Waals surface area contributed by atoms with E-state index in [1.165, 1.54) is 24.1 Å². The number of nitriles is 1. The first kappa shape index (κ1) is 13.2. The second-order valence-corrected chi connectivity index (χ2v) is 4.99. The Morgan fingerprint density at radius 1 is 1.42 bits per heavy atom. The van der Waals surface area contributed by atoms with Crippen molar-refractivity contribution in [3.05, 3.63) is 28.6 Å². The topological polar surface area (TPSA) is 85.9 Å². The summed E-state index contributed by atoms with van der Waals surface area (Å²) in [7, 11) is 3.60. The lowest BCUT2D eigenvalue weighted by Crippen LogP contribution is -2.21. The van der Waals surface area contributed by atoms with Crippen molar-refractivity contribution in [1.82, 2.24) is 9.88 Å². The van der Waals surface area contributed by atoms with Crippen LogP contribution in [-0.2, 0) is 17.6 Å². The number of primary amides is 1. The molecule has 3 N–H and O–H groups in total. The summed E-state index contributed by atoms with van der Waals surface area (Å²) in [5.74, 6) is -0.696. The molecule has 2 rings (SSSR count). The molecule has 0 saturated carbocycles. The minimum Gasteiger partial charge on any atom is -0.375 e. The number of rotatable bonds is 3. The Hall–Kier alpha value is -2.22. The molecule has 0 aromatic carbocycles. The normalized spacial score (nSPS) is 15.2. The molecule has 1 heterocycles. The van der Waals surface area contributed by atoms with E-state index in [4.69, 9.17) is 11.0 Å². The van der Waals surface area contributed by atoms with Crippen molar-refractivity contribution in [1.29, 1.82) is 5.26 Å². The molecule has 5 nitrogen and oxygen atoms in total. The zero-order valence-electron chi connectivity index (χ0n) is 11.3. The number of nitrogens with one attached hydrogen (secondary N) is 1. The molecule has 0 saturated heterocycles. The number of aryl methyl sites for hydroxylation is 2. The lowest BCUT2D eigenvalue weighted by atomic mass is 9.98. The molecule has 0 radical (unpaired) electrons. The van der Waals surface area contributed by atoms with Crippen molar-refractivity contribution in [3.8, 4) is 6.07 Å². The van der Waals surface area contributed by atoms with E-state index >= 15 is 0 Å². The molecule has 0 unspecified atom stereocenters. The summed E-state index contributed by atoms with van der Waals surface area (Å²) < 4.78 is 0. The van der Waals surface area contributed by atoms with Crippen LogP contribution < -0.4 is 5.73 Å². The first-order valence-electron chi connectivity index (χ1n) is 6.37. The predicted molar refractivity (Wildman–Crippen MR) is 72.8 cm³/mol. The molecule has 1 aromatic heterocycles. The Kier molecular flexibility index (Phi) is 3.61. The van der Waals surface area contributed by atoms with Gasteiger partial charge in [-0.3, -0.25) is 4.79 Å². The zero-order valence-corrected chi connectivity index (χ0v) is 11.3. The van der Waals surface area contributed by atoms with Gasteiger partial charge in [-0.15, -0.1) is 0 Å². The number of aromatic nitrogens is 1. The maximum atomic E-state index is 11.4. The van der Waals surface area contributed by atoms with Crippen molar-refractivity contribution in [2.45, 2.75) is 25.7 Å². The molecule has 1 aliphatic rings. The molecule has 0 atom stereocenters. The lowest BCUT2D eigenvalue weighted by molar-refractivity contribution is -0.114. The molecule has 0 spiro atoms. The van der Waals surface area contributed by atoms with Crippen LogP contribution in [0.15, 0.2) is 11.6 Å². The van der Waals surface area contributed by atoms with E-state index in [1.54, 1.807) is 19.0 Å². The Morgan fingerprint density at radius 3 is 2.63 bits per heavy atom. The van der Waals surface area contributed by atoms with Crippen LogP contribution in [-0.4, -0.2) is 29.9 Å². The quantitative estimate of drug-likeness (QED) is 0.630. The molecular formula is C14H18N4O. The van der Waals surface area contributed by atoms with E-state index in [9.17, 15) is 4.79 Å². The average Bonchev–Trinajstić information content (AvgIpc) is 2.77. The Bertz CT molecular complexity index is 551. The third kappa shape index (κ3) is 2.48. The van der Waals surface area contributed by atoms with Crippen LogP contribution in [0.2, 0.25) is 0 Å². The minimum absolute atomic E-state index is 0.0106. The number of aromatic amines is 1. The van der Waals surface area contributed by atoms with Crippen molar-refractivity contribution in [2.75, 3.05) is 14.1 Å². The number of H-pyrrole nitrogens is 1. The number of fused-ring (bicyclic) bond motifs is 1. The van der Waals surface area contributed by atoms with Crippen molar-refractivity contribution in [3.63, 3.8) is 0 Å². The van der Waals surface area contributed by atoms with Crippen LogP contribution in [0.3, 0.4) is 0 Å². The highest BCUT2D eigenvalue weighted by atomic mass is 16.1. The molecular weight excluding hydrogens is 240 g/mol. The maximum absolute atomic E-state index is 11.4. The fraction of sp³-hybridized carbons (Fsp3) is 0.429. The van der Waals surface area contributed by atoms with Crippen LogP contribution in [0.5, 0.6) is 0 Å². The summed E-state index contributed by atoms with van der Waals surface area (Å²) >= 11 is 0. The molecule has 5 heteroatoms. The van der Waals surface area contributed by atoms with Gasteiger partial charge in [0.05, 0.1) is 11.4 Å². The largest absolute Gasteiger partial charge is 0.375 e. The summed E-state index contributed by atoms with van der Waals surface area (Å²) in [6.07, 6.45) is 4.43. The van der Waals surface area contributed by atoms with Crippen LogP contribution >= 0.6 is 0 Å². The second kappa shape index (κ2) is 5.19. The molecule has 0 bridgehead atoms. The van der Waals surface area contributed by atoms with Gasteiger partial charge in [0.15, 0.2) is 0 Å². The molecule has 100 valence electrons. The highest BCUT2D eigenvalue weighted by Gasteiger charge is 2.20. The van der Waals surface area contributed by atoms with Gasteiger partial charge in [-0.2, -0.15) is 5.26 Å². The highest BCUT2D eigenvalue weighted by Crippen LogP contribution is 2.27. The van der Waals surface area contributed by atoms with Gasteiger partial charge in [0.2, 0.25) is 0 Å². The van der Waals surface area contributed by atoms with E-state index in [1.807, 2.05) is 12.1 Å². The molecule has 0 aliphatic heterocycles. The van der Waals surface area contributed by atoms with Crippen LogP contribution in [0.25, 0.3) is 5.70 Å². The van der Waals surface area contributed by atoms with Crippen LogP contribution in [0, 0.1) is 11.3 Å². The number of nitrogens with zero attached hydrogens (tertiary/aromatic N) is 2. The molecule has 1 amide bonds. The molecule has 1 aliphatic carbocycles. The smallest absolute Gasteiger partial charge is 0.261 e. The van der Waals surface area contributed by atoms with Gasteiger partial charge in [0.25, 0.3) is 5.91 Å². The van der Waals surface area contributed by atoms with Gasteiger partial charge in [0, 0.05) is 19.8 Å². The summed E-state index contributed by atoms with van der Waals surface area (Å²) in [5.41, 5.74) is 9.12. The Balaban J connectivity index is 2.55. The monoisotopic (exact) mass is 258 g/mol. The first-order chi connectivity index (χ1) is 9.04. The number of carbonyl (C=O) groups excluding carboxylic acids is 1. The zero-order chi connectivity index (χ0) is 14.0. The van der Waals surface area contributed by atoms with Gasteiger partial charge in [-0.25, -0.2) is 0 Å². The third-order valence-corrected chi connectivity index (χ3v) is 3.41. The predicted octanol–water partition coefficient (Wildman–Crippen LogP) is 1.18. The van der Waals surface area contributed by atoms with Crippen LogP contribution in [0.1, 0.15) is 29.8 Å². The fourth-order valence-electron chi connectivity index (χ4n) is 2.56. The molecule has 19 heavy (non-hydrogen) atoms. The van der Waals surface area contributed by atoms with Gasteiger partial charge in [0.1, 0.15) is 11.6 Å². The van der Waals surface area contributed by atoms with Crippen molar-refractivity contribution in [2.24, 2.45) is 5.73 Å². The van der Waals surface area contributed by atoms with E-state index in [0.29, 0.717) is 5.70 Å². The second-order valence-electron chi connectivity index (χ2n) is 4.99. The number of carbonyl (C=O) groups is 1. The molecule has 0 fully saturated rings.